The Hall–Kier alpha value is -1.86. The van der Waals surface area contributed by atoms with E-state index in [0.717, 1.165) is 63.6 Å². The number of hydrogen-bond acceptors (Lipinski definition) is 5. The lowest BCUT2D eigenvalue weighted by molar-refractivity contribution is 0.122. The zero-order valence-electron chi connectivity index (χ0n) is 14.3. The predicted molar refractivity (Wildman–Crippen MR) is 93.2 cm³/mol. The maximum atomic E-state index is 12.2. The highest BCUT2D eigenvalue weighted by molar-refractivity contribution is 5.74. The van der Waals surface area contributed by atoms with E-state index in [1.165, 1.54) is 0 Å². The number of amides is 2. The number of pyridine rings is 1. The molecule has 2 aliphatic rings. The summed E-state index contributed by atoms with van der Waals surface area (Å²) in [6.07, 6.45) is 3.82. The molecule has 7 nitrogen and oxygen atoms in total. The van der Waals surface area contributed by atoms with E-state index in [1.807, 2.05) is 12.1 Å². The van der Waals surface area contributed by atoms with Crippen molar-refractivity contribution in [1.82, 2.24) is 20.5 Å². The Kier molecular flexibility index (Phi) is 5.87. The monoisotopic (exact) mass is 333 g/mol. The minimum Gasteiger partial charge on any atom is -0.378 e. The lowest BCUT2D eigenvalue weighted by Crippen LogP contribution is -2.47. The van der Waals surface area contributed by atoms with Crippen LogP contribution in [0.2, 0.25) is 0 Å². The zero-order chi connectivity index (χ0) is 16.8. The fourth-order valence-electron chi connectivity index (χ4n) is 3.19. The summed E-state index contributed by atoms with van der Waals surface area (Å²) in [5.41, 5.74) is 1.04. The van der Waals surface area contributed by atoms with Crippen molar-refractivity contribution >= 4 is 11.8 Å². The Morgan fingerprint density at radius 3 is 2.79 bits per heavy atom. The van der Waals surface area contributed by atoms with Crippen LogP contribution in [-0.2, 0) is 11.3 Å². The molecule has 1 aromatic heterocycles. The van der Waals surface area contributed by atoms with Gasteiger partial charge in [-0.15, -0.1) is 0 Å². The number of aromatic nitrogens is 1. The van der Waals surface area contributed by atoms with Crippen LogP contribution in [0.5, 0.6) is 0 Å². The molecule has 2 N–H and O–H groups in total. The topological polar surface area (TPSA) is 69.7 Å². The highest BCUT2D eigenvalue weighted by atomic mass is 16.5. The van der Waals surface area contributed by atoms with Gasteiger partial charge in [0, 0.05) is 37.4 Å². The number of carbonyl (C=O) groups is 1. The number of piperidine rings is 1. The molecule has 3 heterocycles. The number of morpholine rings is 1. The summed E-state index contributed by atoms with van der Waals surface area (Å²) in [6, 6.07) is 4.11. The van der Waals surface area contributed by atoms with Gasteiger partial charge in [-0.25, -0.2) is 9.78 Å². The van der Waals surface area contributed by atoms with Crippen LogP contribution in [0.3, 0.4) is 0 Å². The summed E-state index contributed by atoms with van der Waals surface area (Å²) >= 11 is 0. The number of urea groups is 1. The third-order valence-corrected chi connectivity index (χ3v) is 4.67. The molecule has 7 heteroatoms. The molecule has 0 saturated carbocycles. The Bertz CT molecular complexity index is 540. The van der Waals surface area contributed by atoms with E-state index < -0.39 is 0 Å². The first-order valence-electron chi connectivity index (χ1n) is 8.72. The van der Waals surface area contributed by atoms with Crippen LogP contribution >= 0.6 is 0 Å². The first kappa shape index (κ1) is 17.0. The maximum Gasteiger partial charge on any atom is 0.315 e. The molecule has 3 rings (SSSR count). The molecular weight excluding hydrogens is 306 g/mol. The van der Waals surface area contributed by atoms with Crippen molar-refractivity contribution in [2.24, 2.45) is 0 Å². The molecule has 2 amide bonds. The summed E-state index contributed by atoms with van der Waals surface area (Å²) in [6.45, 7) is 5.68. The fourth-order valence-corrected chi connectivity index (χ4v) is 3.19. The fraction of sp³-hybridized carbons (Fsp3) is 0.647. The molecule has 2 aliphatic heterocycles. The Balaban J connectivity index is 1.51. The number of ether oxygens (including phenoxy) is 1. The van der Waals surface area contributed by atoms with Gasteiger partial charge in [0.25, 0.3) is 0 Å². The number of hydrogen-bond donors (Lipinski definition) is 2. The molecule has 24 heavy (non-hydrogen) atoms. The summed E-state index contributed by atoms with van der Waals surface area (Å²) in [5, 5.41) is 6.05. The first-order chi connectivity index (χ1) is 11.7. The molecule has 0 aromatic carbocycles. The molecule has 2 saturated heterocycles. The standard InChI is InChI=1S/C17H27N5O2/c1-21-7-4-15(5-8-21)20-17(23)19-13-14-3-2-6-18-16(14)22-9-11-24-12-10-22/h2-3,6,15H,4-5,7-13H2,1H3,(H2,19,20,23). The highest BCUT2D eigenvalue weighted by Gasteiger charge is 2.19. The van der Waals surface area contributed by atoms with Gasteiger partial charge in [-0.3, -0.25) is 0 Å². The van der Waals surface area contributed by atoms with Gasteiger partial charge in [0.1, 0.15) is 5.82 Å². The number of likely N-dealkylation sites (tertiary alicyclic amines) is 1. The van der Waals surface area contributed by atoms with Crippen LogP contribution in [0.25, 0.3) is 0 Å². The molecule has 1 aromatic rings. The van der Waals surface area contributed by atoms with E-state index in [0.29, 0.717) is 6.54 Å². The lowest BCUT2D eigenvalue weighted by Gasteiger charge is -2.30. The van der Waals surface area contributed by atoms with Crippen molar-refractivity contribution in [3.63, 3.8) is 0 Å². The average Bonchev–Trinajstić information content (AvgIpc) is 2.63. The van der Waals surface area contributed by atoms with E-state index in [1.54, 1.807) is 6.20 Å². The average molecular weight is 333 g/mol. The van der Waals surface area contributed by atoms with Crippen LogP contribution in [0.15, 0.2) is 18.3 Å². The molecule has 0 spiro atoms. The summed E-state index contributed by atoms with van der Waals surface area (Å²) in [4.78, 5) is 21.2. The zero-order valence-corrected chi connectivity index (χ0v) is 14.3. The van der Waals surface area contributed by atoms with Gasteiger partial charge in [0.15, 0.2) is 0 Å². The highest BCUT2D eigenvalue weighted by Crippen LogP contribution is 2.18. The van der Waals surface area contributed by atoms with Crippen LogP contribution in [0.1, 0.15) is 18.4 Å². The van der Waals surface area contributed by atoms with Gasteiger partial charge >= 0.3 is 6.03 Å². The Labute approximate surface area is 143 Å². The second-order valence-electron chi connectivity index (χ2n) is 6.49. The molecule has 0 radical (unpaired) electrons. The smallest absolute Gasteiger partial charge is 0.315 e. The number of carbonyl (C=O) groups excluding carboxylic acids is 1. The minimum atomic E-state index is -0.0960. The summed E-state index contributed by atoms with van der Waals surface area (Å²) in [5.74, 6) is 0.945. The van der Waals surface area contributed by atoms with Crippen molar-refractivity contribution in [3.05, 3.63) is 23.9 Å². The van der Waals surface area contributed by atoms with Crippen molar-refractivity contribution < 1.29 is 9.53 Å². The number of rotatable bonds is 4. The second kappa shape index (κ2) is 8.30. The van der Waals surface area contributed by atoms with Crippen LogP contribution in [-0.4, -0.2) is 68.4 Å². The van der Waals surface area contributed by atoms with Gasteiger partial charge in [-0.05, 0) is 39.0 Å². The van der Waals surface area contributed by atoms with E-state index in [2.05, 4.69) is 32.5 Å². The van der Waals surface area contributed by atoms with Gasteiger partial charge in [-0.2, -0.15) is 0 Å². The molecule has 0 aliphatic carbocycles. The maximum absolute atomic E-state index is 12.2. The number of anilines is 1. The third-order valence-electron chi connectivity index (χ3n) is 4.67. The summed E-state index contributed by atoms with van der Waals surface area (Å²) < 4.78 is 5.40. The van der Waals surface area contributed by atoms with Gasteiger partial charge in [0.2, 0.25) is 0 Å². The molecule has 132 valence electrons. The molecule has 2 fully saturated rings. The van der Waals surface area contributed by atoms with E-state index in [9.17, 15) is 4.79 Å². The quantitative estimate of drug-likeness (QED) is 0.853. The number of nitrogens with zero attached hydrogens (tertiary/aromatic N) is 3. The van der Waals surface area contributed by atoms with Crippen LogP contribution in [0.4, 0.5) is 10.6 Å². The van der Waals surface area contributed by atoms with Crippen molar-refractivity contribution in [2.45, 2.75) is 25.4 Å². The largest absolute Gasteiger partial charge is 0.378 e. The Morgan fingerprint density at radius 2 is 2.04 bits per heavy atom. The Morgan fingerprint density at radius 1 is 1.29 bits per heavy atom. The SMILES string of the molecule is CN1CCC(NC(=O)NCc2cccnc2N2CCOCC2)CC1. The second-order valence-corrected chi connectivity index (χ2v) is 6.49. The minimum absolute atomic E-state index is 0.0960. The molecule has 0 bridgehead atoms. The van der Waals surface area contributed by atoms with Gasteiger partial charge in [-0.1, -0.05) is 6.07 Å². The van der Waals surface area contributed by atoms with E-state index in [4.69, 9.17) is 4.74 Å². The predicted octanol–water partition coefficient (Wildman–Crippen LogP) is 0.812. The number of nitrogens with one attached hydrogen (secondary N) is 2. The molecular formula is C17H27N5O2. The van der Waals surface area contributed by atoms with Crippen LogP contribution in [0, 0.1) is 0 Å². The van der Waals surface area contributed by atoms with Gasteiger partial charge in [0.05, 0.1) is 13.2 Å². The lowest BCUT2D eigenvalue weighted by atomic mass is 10.1. The van der Waals surface area contributed by atoms with E-state index >= 15 is 0 Å². The van der Waals surface area contributed by atoms with Gasteiger partial charge < -0.3 is 25.2 Å². The van der Waals surface area contributed by atoms with Crippen molar-refractivity contribution in [1.29, 1.82) is 0 Å². The van der Waals surface area contributed by atoms with Crippen molar-refractivity contribution in [2.75, 3.05) is 51.3 Å². The normalized spacial score (nSPS) is 20.0. The third kappa shape index (κ3) is 4.58. The first-order valence-corrected chi connectivity index (χ1v) is 8.72. The molecule has 0 unspecified atom stereocenters. The van der Waals surface area contributed by atoms with Crippen LogP contribution < -0.4 is 15.5 Å². The van der Waals surface area contributed by atoms with E-state index in [-0.39, 0.29) is 12.1 Å². The van der Waals surface area contributed by atoms with Crippen molar-refractivity contribution in [3.8, 4) is 0 Å². The summed E-state index contributed by atoms with van der Waals surface area (Å²) in [7, 11) is 2.12. The molecule has 0 atom stereocenters.